The van der Waals surface area contributed by atoms with Crippen LogP contribution in [0.5, 0.6) is 5.75 Å². The number of rotatable bonds is 8. The van der Waals surface area contributed by atoms with E-state index in [1.54, 1.807) is 37.2 Å². The Morgan fingerprint density at radius 1 is 1.24 bits per heavy atom. The molecule has 12 heteroatoms. The zero-order valence-electron chi connectivity index (χ0n) is 24.0. The molecule has 3 amide bonds. The van der Waals surface area contributed by atoms with E-state index in [0.29, 0.717) is 17.1 Å². The molecule has 1 unspecified atom stereocenters. The van der Waals surface area contributed by atoms with Gasteiger partial charge in [-0.25, -0.2) is 14.1 Å². The number of imide groups is 1. The van der Waals surface area contributed by atoms with Gasteiger partial charge >= 0.3 is 12.0 Å². The molecule has 0 N–H and O–H groups in total. The van der Waals surface area contributed by atoms with Crippen LogP contribution in [-0.4, -0.2) is 49.7 Å². The first-order chi connectivity index (χ1) is 19.4. The van der Waals surface area contributed by atoms with Crippen LogP contribution in [0.4, 0.5) is 20.6 Å². The monoisotopic (exact) mass is 628 g/mol. The fourth-order valence-electron chi connectivity index (χ4n) is 4.75. The number of hydrogen-bond acceptors (Lipinski definition) is 7. The molecule has 41 heavy (non-hydrogen) atoms. The Morgan fingerprint density at radius 2 is 1.90 bits per heavy atom. The summed E-state index contributed by atoms with van der Waals surface area (Å²) in [6.45, 7) is 9.75. The van der Waals surface area contributed by atoms with E-state index in [0.717, 1.165) is 47.9 Å². The molecule has 0 spiro atoms. The van der Waals surface area contributed by atoms with E-state index < -0.39 is 17.8 Å². The molecule has 1 atom stereocenters. The maximum atomic E-state index is 14.3. The highest BCUT2D eigenvalue weighted by molar-refractivity contribution is 7.10. The first kappa shape index (κ1) is 32.8. The number of anilines is 2. The molecule has 1 aliphatic carbocycles. The molecular weight excluding hydrogens is 594 g/mol. The van der Waals surface area contributed by atoms with E-state index in [-0.39, 0.29) is 46.2 Å². The number of alkyl halides is 1. The molecule has 2 aliphatic rings. The van der Waals surface area contributed by atoms with Gasteiger partial charge in [0.15, 0.2) is 5.76 Å². The molecule has 1 aromatic carbocycles. The molecular formula is C29H35Cl2FN2O6S. The van der Waals surface area contributed by atoms with Gasteiger partial charge in [0, 0.05) is 18.1 Å². The maximum Gasteiger partial charge on any atom is 0.427 e. The van der Waals surface area contributed by atoms with E-state index in [9.17, 15) is 18.8 Å². The molecule has 2 heterocycles. The second-order valence-corrected chi connectivity index (χ2v) is 11.9. The van der Waals surface area contributed by atoms with Crippen LogP contribution in [-0.2, 0) is 19.1 Å². The fourth-order valence-corrected chi connectivity index (χ4v) is 5.91. The lowest BCUT2D eigenvalue weighted by Gasteiger charge is -2.29. The minimum absolute atomic E-state index is 0.00962. The van der Waals surface area contributed by atoms with Crippen LogP contribution in [0.15, 0.2) is 28.8 Å². The molecule has 1 aliphatic heterocycles. The lowest BCUT2D eigenvalue weighted by Crippen LogP contribution is -2.42. The SMILES string of the molecule is CC(C)=C1OC(=O)N(c2cc(OC3CCCC3)c(Cl)cc2F)C1=O.COCC(C)N(C(=O)CCl)c1c(C)csc1C. The summed E-state index contributed by atoms with van der Waals surface area (Å²) < 4.78 is 30.2. The Hall–Kier alpha value is -2.66. The highest BCUT2D eigenvalue weighted by atomic mass is 35.5. The Morgan fingerprint density at radius 3 is 2.41 bits per heavy atom. The Balaban J connectivity index is 0.000000241. The number of carbonyl (C=O) groups is 3. The van der Waals surface area contributed by atoms with Crippen molar-refractivity contribution < 1.29 is 33.0 Å². The largest absolute Gasteiger partial charge is 0.489 e. The van der Waals surface area contributed by atoms with Crippen molar-refractivity contribution in [2.75, 3.05) is 29.4 Å². The quantitative estimate of drug-likeness (QED) is 0.222. The van der Waals surface area contributed by atoms with Gasteiger partial charge in [0.2, 0.25) is 5.91 Å². The van der Waals surface area contributed by atoms with Gasteiger partial charge in [0.05, 0.1) is 35.2 Å². The van der Waals surface area contributed by atoms with Crippen molar-refractivity contribution in [2.24, 2.45) is 0 Å². The van der Waals surface area contributed by atoms with Crippen LogP contribution >= 0.6 is 34.5 Å². The summed E-state index contributed by atoms with van der Waals surface area (Å²) in [6, 6.07) is 2.31. The number of thiophene rings is 1. The van der Waals surface area contributed by atoms with Crippen molar-refractivity contribution >= 4 is 63.8 Å². The predicted molar refractivity (Wildman–Crippen MR) is 160 cm³/mol. The minimum Gasteiger partial charge on any atom is -0.489 e. The predicted octanol–water partition coefficient (Wildman–Crippen LogP) is 7.55. The third kappa shape index (κ3) is 7.60. The molecule has 4 rings (SSSR count). The number of carbonyl (C=O) groups excluding carboxylic acids is 3. The average Bonchev–Trinajstić information content (AvgIpc) is 3.62. The number of benzene rings is 1. The number of methoxy groups -OCH3 is 1. The highest BCUT2D eigenvalue weighted by Crippen LogP contribution is 2.37. The lowest BCUT2D eigenvalue weighted by molar-refractivity contribution is -0.117. The molecule has 2 aromatic rings. The van der Waals surface area contributed by atoms with Crippen molar-refractivity contribution in [2.45, 2.75) is 72.4 Å². The minimum atomic E-state index is -0.941. The summed E-state index contributed by atoms with van der Waals surface area (Å²) in [5.74, 6) is -1.42. The van der Waals surface area contributed by atoms with Crippen LogP contribution in [0.25, 0.3) is 0 Å². The van der Waals surface area contributed by atoms with Crippen LogP contribution in [0.1, 0.15) is 56.9 Å². The van der Waals surface area contributed by atoms with Gasteiger partial charge in [0.25, 0.3) is 0 Å². The van der Waals surface area contributed by atoms with Gasteiger partial charge in [-0.1, -0.05) is 11.6 Å². The molecule has 8 nitrogen and oxygen atoms in total. The fraction of sp³-hybridized carbons (Fsp3) is 0.483. The maximum absolute atomic E-state index is 14.3. The molecule has 1 aromatic heterocycles. The van der Waals surface area contributed by atoms with Gasteiger partial charge in [-0.15, -0.1) is 22.9 Å². The number of halogens is 3. The van der Waals surface area contributed by atoms with Crippen molar-refractivity contribution in [1.29, 1.82) is 0 Å². The number of cyclic esters (lactones) is 1. The summed E-state index contributed by atoms with van der Waals surface area (Å²) >= 11 is 13.4. The van der Waals surface area contributed by atoms with Crippen LogP contribution in [0, 0.1) is 19.7 Å². The smallest absolute Gasteiger partial charge is 0.427 e. The normalized spacial score (nSPS) is 15.9. The summed E-state index contributed by atoms with van der Waals surface area (Å²) in [4.78, 5) is 39.8. The van der Waals surface area contributed by atoms with Crippen LogP contribution < -0.4 is 14.5 Å². The van der Waals surface area contributed by atoms with Gasteiger partial charge in [-0.2, -0.15) is 0 Å². The Bertz CT molecular complexity index is 1300. The highest BCUT2D eigenvalue weighted by Gasteiger charge is 2.40. The number of allylic oxidation sites excluding steroid dienone is 1. The van der Waals surface area contributed by atoms with E-state index in [1.807, 2.05) is 20.8 Å². The van der Waals surface area contributed by atoms with Gasteiger partial charge in [-0.05, 0) is 82.9 Å². The molecule has 0 bridgehead atoms. The van der Waals surface area contributed by atoms with Gasteiger partial charge < -0.3 is 19.1 Å². The zero-order chi connectivity index (χ0) is 30.4. The van der Waals surface area contributed by atoms with Crippen molar-refractivity contribution in [1.82, 2.24) is 0 Å². The molecule has 1 saturated carbocycles. The second-order valence-electron chi connectivity index (χ2n) is 10.1. The topological polar surface area (TPSA) is 85.4 Å². The molecule has 2 fully saturated rings. The summed E-state index contributed by atoms with van der Waals surface area (Å²) in [7, 11) is 1.63. The lowest BCUT2D eigenvalue weighted by atomic mass is 10.2. The Kier molecular flexibility index (Phi) is 11.6. The molecule has 0 radical (unpaired) electrons. The number of nitrogens with zero attached hydrogens (tertiary/aromatic N) is 2. The van der Waals surface area contributed by atoms with Crippen LogP contribution in [0.2, 0.25) is 5.02 Å². The molecule has 1 saturated heterocycles. The van der Waals surface area contributed by atoms with E-state index in [1.165, 1.54) is 6.07 Å². The summed E-state index contributed by atoms with van der Waals surface area (Å²) in [6.07, 6.45) is 3.00. The third-order valence-electron chi connectivity index (χ3n) is 6.65. The third-order valence-corrected chi connectivity index (χ3v) is 8.20. The standard InChI is InChI=1S/C17H17ClFNO4.C12H18ClNO2S/c1-9(2)15-16(21)20(17(22)24-15)13-8-14(11(18)7-12(13)19)23-10-5-3-4-6-10;1-8-7-17-10(3)12(8)14(11(15)5-13)9(2)6-16-4/h7-8,10H,3-6H2,1-2H3;7,9H,5-6H2,1-4H3. The summed E-state index contributed by atoms with van der Waals surface area (Å²) in [5, 5.41) is 2.16. The van der Waals surface area contributed by atoms with E-state index >= 15 is 0 Å². The number of hydrogen-bond donors (Lipinski definition) is 0. The molecule has 224 valence electrons. The number of aryl methyl sites for hydroxylation is 2. The summed E-state index contributed by atoms with van der Waals surface area (Å²) in [5.41, 5.74) is 2.39. The van der Waals surface area contributed by atoms with Crippen LogP contribution in [0.3, 0.4) is 0 Å². The van der Waals surface area contributed by atoms with E-state index in [2.05, 4.69) is 5.38 Å². The second kappa shape index (κ2) is 14.5. The van der Waals surface area contributed by atoms with Gasteiger partial charge in [0.1, 0.15) is 17.4 Å². The van der Waals surface area contributed by atoms with Gasteiger partial charge in [-0.3, -0.25) is 9.59 Å². The first-order valence-corrected chi connectivity index (χ1v) is 15.0. The average molecular weight is 630 g/mol. The number of amides is 3. The van der Waals surface area contributed by atoms with E-state index in [4.69, 9.17) is 37.4 Å². The zero-order valence-corrected chi connectivity index (χ0v) is 26.3. The first-order valence-electron chi connectivity index (χ1n) is 13.2. The van der Waals surface area contributed by atoms with Crippen molar-refractivity contribution in [3.63, 3.8) is 0 Å². The van der Waals surface area contributed by atoms with Crippen molar-refractivity contribution in [3.05, 3.63) is 50.1 Å². The Labute approximate surface area is 253 Å². The number of ether oxygens (including phenoxy) is 3. The van der Waals surface area contributed by atoms with Crippen molar-refractivity contribution in [3.8, 4) is 5.75 Å².